The van der Waals surface area contributed by atoms with Crippen LogP contribution in [0.25, 0.3) is 0 Å². The third-order valence-electron chi connectivity index (χ3n) is 2.58. The first kappa shape index (κ1) is 10.4. The van der Waals surface area contributed by atoms with Crippen LogP contribution in [0.2, 0.25) is 0 Å². The van der Waals surface area contributed by atoms with Crippen molar-refractivity contribution in [3.63, 3.8) is 0 Å². The van der Waals surface area contributed by atoms with Crippen LogP contribution >= 0.6 is 11.3 Å². The summed E-state index contributed by atoms with van der Waals surface area (Å²) in [4.78, 5) is 14.7. The lowest BCUT2D eigenvalue weighted by atomic mass is 10.0. The topological polar surface area (TPSA) is 58.4 Å². The number of fused-ring (bicyclic) bond motifs is 1. The summed E-state index contributed by atoms with van der Waals surface area (Å²) in [5.74, 6) is 0.0203. The Morgan fingerprint density at radius 1 is 1.53 bits per heavy atom. The lowest BCUT2D eigenvalue weighted by Crippen LogP contribution is -2.27. The summed E-state index contributed by atoms with van der Waals surface area (Å²) in [6, 6.07) is 0. The maximum Gasteiger partial charge on any atom is 0.256 e. The normalized spacial score (nSPS) is 14.8. The van der Waals surface area contributed by atoms with Gasteiger partial charge in [0.1, 0.15) is 0 Å². The molecule has 15 heavy (non-hydrogen) atoms. The van der Waals surface area contributed by atoms with E-state index in [0.29, 0.717) is 5.00 Å². The van der Waals surface area contributed by atoms with Crippen LogP contribution in [0.15, 0.2) is 0 Å². The highest BCUT2D eigenvalue weighted by molar-refractivity contribution is 7.16. The molecule has 1 amide bonds. The molecule has 1 aromatic heterocycles. The molecule has 0 aromatic carbocycles. The molecule has 0 radical (unpaired) electrons. The predicted octanol–water partition coefficient (Wildman–Crippen LogP) is 0.678. The third kappa shape index (κ3) is 1.72. The fourth-order valence-electron chi connectivity index (χ4n) is 1.81. The van der Waals surface area contributed by atoms with Gasteiger partial charge in [0.2, 0.25) is 0 Å². The summed E-state index contributed by atoms with van der Waals surface area (Å²) in [6.07, 6.45) is 0.901. The van der Waals surface area contributed by atoms with Gasteiger partial charge in [0.25, 0.3) is 5.91 Å². The van der Waals surface area contributed by atoms with E-state index in [2.05, 4.69) is 5.32 Å². The van der Waals surface area contributed by atoms with Crippen LogP contribution in [0, 0.1) is 0 Å². The van der Waals surface area contributed by atoms with Gasteiger partial charge in [-0.3, -0.25) is 4.79 Å². The average Bonchev–Trinajstić information content (AvgIpc) is 2.52. The number of nitrogens with zero attached hydrogens (tertiary/aromatic N) is 1. The van der Waals surface area contributed by atoms with E-state index < -0.39 is 0 Å². The number of amides is 1. The summed E-state index contributed by atoms with van der Waals surface area (Å²) >= 11 is 1.53. The van der Waals surface area contributed by atoms with Gasteiger partial charge in [-0.2, -0.15) is 0 Å². The van der Waals surface area contributed by atoms with Crippen LogP contribution in [0.4, 0.5) is 5.00 Å². The number of carbonyl (C=O) groups is 1. The molecule has 4 nitrogen and oxygen atoms in total. The number of nitrogens with two attached hydrogens (primary N) is 1. The smallest absolute Gasteiger partial charge is 0.256 e. The number of nitrogen functional groups attached to an aromatic ring is 1. The number of thiophene rings is 1. The molecule has 0 saturated heterocycles. The summed E-state index contributed by atoms with van der Waals surface area (Å²) in [5, 5.41) is 3.93. The van der Waals surface area contributed by atoms with Gasteiger partial charge in [0.15, 0.2) is 0 Å². The van der Waals surface area contributed by atoms with Gasteiger partial charge in [-0.05, 0) is 18.5 Å². The van der Waals surface area contributed by atoms with Crippen molar-refractivity contribution >= 4 is 22.2 Å². The number of hydrogen-bond donors (Lipinski definition) is 2. The molecule has 0 unspecified atom stereocenters. The van der Waals surface area contributed by atoms with Crippen molar-refractivity contribution in [3.8, 4) is 0 Å². The number of nitrogens with one attached hydrogen (secondary N) is 1. The van der Waals surface area contributed by atoms with E-state index in [1.165, 1.54) is 16.2 Å². The van der Waals surface area contributed by atoms with Crippen LogP contribution in [0.1, 0.15) is 20.8 Å². The second-order valence-electron chi connectivity index (χ2n) is 3.87. The molecule has 0 saturated carbocycles. The molecule has 2 heterocycles. The van der Waals surface area contributed by atoms with Crippen molar-refractivity contribution in [3.05, 3.63) is 16.0 Å². The van der Waals surface area contributed by atoms with Crippen molar-refractivity contribution in [1.82, 2.24) is 10.2 Å². The molecule has 1 aliphatic heterocycles. The molecule has 2 rings (SSSR count). The van der Waals surface area contributed by atoms with E-state index in [1.807, 2.05) is 0 Å². The molecule has 0 spiro atoms. The zero-order valence-electron chi connectivity index (χ0n) is 8.96. The molecular weight excluding hydrogens is 210 g/mol. The minimum Gasteiger partial charge on any atom is -0.390 e. The second-order valence-corrected chi connectivity index (χ2v) is 5.01. The van der Waals surface area contributed by atoms with Crippen molar-refractivity contribution in [2.75, 3.05) is 26.4 Å². The standard InChI is InChI=1S/C10H15N3OS/c1-13(2)10(14)8-6-3-4-12-5-7(6)15-9(8)11/h12H,3-5,11H2,1-2H3. The fraction of sp³-hybridized carbons (Fsp3) is 0.500. The largest absolute Gasteiger partial charge is 0.390 e. The van der Waals surface area contributed by atoms with Crippen molar-refractivity contribution in [2.45, 2.75) is 13.0 Å². The van der Waals surface area contributed by atoms with Crippen LogP contribution < -0.4 is 11.1 Å². The monoisotopic (exact) mass is 225 g/mol. The Morgan fingerprint density at radius 2 is 2.27 bits per heavy atom. The van der Waals surface area contributed by atoms with E-state index >= 15 is 0 Å². The summed E-state index contributed by atoms with van der Waals surface area (Å²) in [6.45, 7) is 1.77. The Labute approximate surface area is 93.1 Å². The Kier molecular flexibility index (Phi) is 2.67. The van der Waals surface area contributed by atoms with Gasteiger partial charge < -0.3 is 16.0 Å². The van der Waals surface area contributed by atoms with Gasteiger partial charge in [0.05, 0.1) is 10.6 Å². The molecule has 1 aliphatic rings. The van der Waals surface area contributed by atoms with Gasteiger partial charge in [-0.25, -0.2) is 0 Å². The van der Waals surface area contributed by atoms with Gasteiger partial charge in [0, 0.05) is 25.5 Å². The highest BCUT2D eigenvalue weighted by Gasteiger charge is 2.24. The Balaban J connectivity index is 2.46. The van der Waals surface area contributed by atoms with E-state index in [0.717, 1.165) is 30.6 Å². The molecule has 0 bridgehead atoms. The number of anilines is 1. The molecule has 0 aliphatic carbocycles. The highest BCUT2D eigenvalue weighted by atomic mass is 32.1. The molecule has 1 aromatic rings. The summed E-state index contributed by atoms with van der Waals surface area (Å²) in [5.41, 5.74) is 7.77. The second kappa shape index (κ2) is 3.83. The number of carbonyl (C=O) groups excluding carboxylic acids is 1. The van der Waals surface area contributed by atoms with Crippen LogP contribution in [-0.2, 0) is 13.0 Å². The Hall–Kier alpha value is -1.07. The van der Waals surface area contributed by atoms with Crippen molar-refractivity contribution < 1.29 is 4.79 Å². The quantitative estimate of drug-likeness (QED) is 0.739. The fourth-order valence-corrected chi connectivity index (χ4v) is 2.89. The Morgan fingerprint density at radius 3 is 2.93 bits per heavy atom. The molecule has 0 atom stereocenters. The zero-order valence-corrected chi connectivity index (χ0v) is 9.78. The van der Waals surface area contributed by atoms with Gasteiger partial charge >= 0.3 is 0 Å². The first-order valence-corrected chi connectivity index (χ1v) is 5.75. The van der Waals surface area contributed by atoms with Crippen LogP contribution in [-0.4, -0.2) is 31.4 Å². The molecule has 5 heteroatoms. The van der Waals surface area contributed by atoms with Crippen LogP contribution in [0.3, 0.4) is 0 Å². The lowest BCUT2D eigenvalue weighted by Gasteiger charge is -2.16. The highest BCUT2D eigenvalue weighted by Crippen LogP contribution is 2.33. The van der Waals surface area contributed by atoms with Gasteiger partial charge in [-0.15, -0.1) is 11.3 Å². The lowest BCUT2D eigenvalue weighted by molar-refractivity contribution is 0.0828. The summed E-state index contributed by atoms with van der Waals surface area (Å²) < 4.78 is 0. The van der Waals surface area contributed by atoms with E-state index in [-0.39, 0.29) is 5.91 Å². The minimum atomic E-state index is 0.0203. The molecule has 82 valence electrons. The average molecular weight is 225 g/mol. The third-order valence-corrected chi connectivity index (χ3v) is 3.64. The molecule has 0 fully saturated rings. The minimum absolute atomic E-state index is 0.0203. The maximum atomic E-state index is 11.9. The van der Waals surface area contributed by atoms with E-state index in [4.69, 9.17) is 5.73 Å². The van der Waals surface area contributed by atoms with E-state index in [1.54, 1.807) is 19.0 Å². The SMILES string of the molecule is CN(C)C(=O)c1c(N)sc2c1CCNC2. The van der Waals surface area contributed by atoms with Crippen LogP contribution in [0.5, 0.6) is 0 Å². The zero-order chi connectivity index (χ0) is 11.0. The number of hydrogen-bond acceptors (Lipinski definition) is 4. The molecular formula is C10H15N3OS. The predicted molar refractivity (Wildman–Crippen MR) is 62.2 cm³/mol. The first-order chi connectivity index (χ1) is 7.11. The first-order valence-electron chi connectivity index (χ1n) is 4.93. The van der Waals surface area contributed by atoms with Crippen molar-refractivity contribution in [2.24, 2.45) is 0 Å². The maximum absolute atomic E-state index is 11.9. The Bertz CT molecular complexity index is 398. The van der Waals surface area contributed by atoms with Gasteiger partial charge in [-0.1, -0.05) is 0 Å². The number of rotatable bonds is 1. The molecule has 3 N–H and O–H groups in total. The van der Waals surface area contributed by atoms with E-state index in [9.17, 15) is 4.79 Å². The van der Waals surface area contributed by atoms with Crippen molar-refractivity contribution in [1.29, 1.82) is 0 Å². The summed E-state index contributed by atoms with van der Waals surface area (Å²) in [7, 11) is 3.51.